The molecule has 21 heavy (non-hydrogen) atoms. The zero-order valence-electron chi connectivity index (χ0n) is 10.7. The largest absolute Gasteiger partial charge is 0.475 e. The minimum Gasteiger partial charge on any atom is -0.475 e. The van der Waals surface area contributed by atoms with Crippen LogP contribution in [-0.4, -0.2) is 18.2 Å². The summed E-state index contributed by atoms with van der Waals surface area (Å²) in [5.41, 5.74) is -0.158. The van der Waals surface area contributed by atoms with Gasteiger partial charge in [0.25, 0.3) is 0 Å². The molecule has 1 aromatic rings. The molecule has 0 N–H and O–H groups in total. The summed E-state index contributed by atoms with van der Waals surface area (Å²) in [4.78, 5) is 21.6. The maximum absolute atomic E-state index is 13.0. The smallest absolute Gasteiger partial charge is 0.429 e. The summed E-state index contributed by atoms with van der Waals surface area (Å²) in [6, 6.07) is 2.85. The minimum absolute atomic E-state index is 0.00618. The maximum Gasteiger partial charge on any atom is 0.429 e. The van der Waals surface area contributed by atoms with Crippen molar-refractivity contribution >= 4 is 23.6 Å². The molecule has 0 fully saturated rings. The second-order valence-electron chi connectivity index (χ2n) is 4.37. The van der Waals surface area contributed by atoms with Crippen molar-refractivity contribution in [1.82, 2.24) is 0 Å². The Morgan fingerprint density at radius 3 is 2.62 bits per heavy atom. The molecule has 1 unspecified atom stereocenters. The van der Waals surface area contributed by atoms with Gasteiger partial charge >= 0.3 is 12.1 Å². The predicted molar refractivity (Wildman–Crippen MR) is 70.1 cm³/mol. The lowest BCUT2D eigenvalue weighted by Gasteiger charge is -2.28. The fraction of sp³-hybridized carbons (Fsp3) is 0.308. The van der Waals surface area contributed by atoms with E-state index < -0.39 is 23.8 Å². The van der Waals surface area contributed by atoms with Gasteiger partial charge in [-0.15, -0.1) is 4.91 Å². The zero-order chi connectivity index (χ0) is 15.8. The van der Waals surface area contributed by atoms with Gasteiger partial charge in [-0.3, -0.25) is 4.79 Å². The van der Waals surface area contributed by atoms with Gasteiger partial charge in [0.05, 0.1) is 5.57 Å². The molecule has 1 aliphatic heterocycles. The number of benzene rings is 1. The van der Waals surface area contributed by atoms with E-state index in [1.165, 1.54) is 12.1 Å². The number of ether oxygens (including phenoxy) is 1. The minimum atomic E-state index is -4.84. The third-order valence-corrected chi connectivity index (χ3v) is 3.21. The molecule has 0 aliphatic carbocycles. The van der Waals surface area contributed by atoms with Gasteiger partial charge in [0, 0.05) is 15.8 Å². The Kier molecular flexibility index (Phi) is 4.04. The molecule has 0 saturated heterocycles. The summed E-state index contributed by atoms with van der Waals surface area (Å²) in [6.07, 6.45) is -6.00. The van der Waals surface area contributed by atoms with Gasteiger partial charge < -0.3 is 4.74 Å². The van der Waals surface area contributed by atoms with Crippen molar-refractivity contribution in [2.45, 2.75) is 25.6 Å². The predicted octanol–water partition coefficient (Wildman–Crippen LogP) is 3.90. The molecule has 2 rings (SSSR count). The van der Waals surface area contributed by atoms with Crippen molar-refractivity contribution in [2.75, 3.05) is 0 Å². The molecule has 0 radical (unpaired) electrons. The van der Waals surface area contributed by atoms with Gasteiger partial charge in [-0.05, 0) is 30.2 Å². The number of amides is 1. The zero-order valence-corrected chi connectivity index (χ0v) is 11.5. The van der Waals surface area contributed by atoms with Crippen LogP contribution in [0.1, 0.15) is 18.1 Å². The van der Waals surface area contributed by atoms with Crippen molar-refractivity contribution in [1.29, 1.82) is 0 Å². The van der Waals surface area contributed by atoms with Crippen molar-refractivity contribution in [3.05, 3.63) is 38.8 Å². The standard InChI is InChI=1S/C13H9ClF3NO3/c1-2-6-3-8(14)4-7-5-9(12(19)18-20)11(13(15,16)17)21-10(6)7/h3-5,11H,2H2,1H3. The number of aryl methyl sites for hydroxylation is 1. The van der Waals surface area contributed by atoms with Gasteiger partial charge in [0.15, 0.2) is 0 Å². The fourth-order valence-electron chi connectivity index (χ4n) is 2.08. The third kappa shape index (κ3) is 2.92. The van der Waals surface area contributed by atoms with E-state index in [1.54, 1.807) is 6.92 Å². The molecule has 0 spiro atoms. The number of hydrogen-bond acceptors (Lipinski definition) is 3. The number of fused-ring (bicyclic) bond motifs is 1. The molecular weight excluding hydrogens is 311 g/mol. The number of nitroso groups, excluding NO2 is 1. The Balaban J connectivity index is 2.64. The highest BCUT2D eigenvalue weighted by Gasteiger charge is 2.48. The number of alkyl halides is 3. The molecule has 1 heterocycles. The van der Waals surface area contributed by atoms with Crippen molar-refractivity contribution < 1.29 is 22.7 Å². The van der Waals surface area contributed by atoms with Crippen molar-refractivity contribution in [2.24, 2.45) is 5.18 Å². The summed E-state index contributed by atoms with van der Waals surface area (Å²) in [7, 11) is 0. The van der Waals surface area contributed by atoms with Crippen LogP contribution in [0.4, 0.5) is 13.2 Å². The van der Waals surface area contributed by atoms with E-state index in [-0.39, 0.29) is 11.3 Å². The van der Waals surface area contributed by atoms with Crippen LogP contribution in [-0.2, 0) is 11.2 Å². The lowest BCUT2D eigenvalue weighted by molar-refractivity contribution is -0.185. The average molecular weight is 320 g/mol. The molecule has 1 aliphatic rings. The van der Waals surface area contributed by atoms with Crippen LogP contribution in [0.3, 0.4) is 0 Å². The van der Waals surface area contributed by atoms with Gasteiger partial charge in [0.1, 0.15) is 5.75 Å². The van der Waals surface area contributed by atoms with Gasteiger partial charge in [-0.2, -0.15) is 13.2 Å². The number of carbonyl (C=O) groups excluding carboxylic acids is 1. The van der Waals surface area contributed by atoms with E-state index in [1.807, 2.05) is 5.18 Å². The molecule has 1 atom stereocenters. The van der Waals surface area contributed by atoms with Crippen molar-refractivity contribution in [3.63, 3.8) is 0 Å². The van der Waals surface area contributed by atoms with Gasteiger partial charge in [-0.1, -0.05) is 18.5 Å². The maximum atomic E-state index is 13.0. The summed E-state index contributed by atoms with van der Waals surface area (Å²) >= 11 is 5.87. The fourth-order valence-corrected chi connectivity index (χ4v) is 2.33. The van der Waals surface area contributed by atoms with Crippen LogP contribution < -0.4 is 4.74 Å². The Labute approximate surface area is 122 Å². The van der Waals surface area contributed by atoms with Crippen LogP contribution in [0, 0.1) is 4.91 Å². The van der Waals surface area contributed by atoms with Gasteiger partial charge in [0.2, 0.25) is 6.10 Å². The molecule has 1 aromatic carbocycles. The Hall–Kier alpha value is -1.89. The average Bonchev–Trinajstić information content (AvgIpc) is 2.42. The molecular formula is C13H9ClF3NO3. The van der Waals surface area contributed by atoms with Crippen LogP contribution in [0.25, 0.3) is 6.08 Å². The second kappa shape index (κ2) is 5.48. The number of hydrogen-bond donors (Lipinski definition) is 0. The molecule has 0 bridgehead atoms. The summed E-state index contributed by atoms with van der Waals surface area (Å²) < 4.78 is 44.0. The van der Waals surface area contributed by atoms with E-state index in [9.17, 15) is 22.9 Å². The first kappa shape index (κ1) is 15.5. The van der Waals surface area contributed by atoms with Crippen LogP contribution in [0.15, 0.2) is 22.9 Å². The van der Waals surface area contributed by atoms with E-state index >= 15 is 0 Å². The number of nitrogens with zero attached hydrogens (tertiary/aromatic N) is 1. The first-order valence-electron chi connectivity index (χ1n) is 5.93. The Morgan fingerprint density at radius 1 is 1.43 bits per heavy atom. The Morgan fingerprint density at radius 2 is 2.10 bits per heavy atom. The van der Waals surface area contributed by atoms with Crippen LogP contribution in [0.5, 0.6) is 5.75 Å². The normalized spacial score (nSPS) is 17.6. The highest BCUT2D eigenvalue weighted by atomic mass is 35.5. The van der Waals surface area contributed by atoms with Crippen LogP contribution >= 0.6 is 11.6 Å². The quantitative estimate of drug-likeness (QED) is 0.777. The SMILES string of the molecule is CCc1cc(Cl)cc2c1OC(C(F)(F)F)C(C(=O)N=O)=C2. The number of carbonyl (C=O) groups is 1. The van der Waals surface area contributed by atoms with E-state index in [2.05, 4.69) is 0 Å². The van der Waals surface area contributed by atoms with E-state index in [0.29, 0.717) is 17.0 Å². The molecule has 4 nitrogen and oxygen atoms in total. The van der Waals surface area contributed by atoms with E-state index in [4.69, 9.17) is 16.3 Å². The summed E-state index contributed by atoms with van der Waals surface area (Å²) in [5, 5.41) is 2.34. The Bertz CT molecular complexity index is 640. The van der Waals surface area contributed by atoms with Crippen molar-refractivity contribution in [3.8, 4) is 5.75 Å². The topological polar surface area (TPSA) is 55.7 Å². The summed E-state index contributed by atoms with van der Waals surface area (Å²) in [6.45, 7) is 1.73. The molecule has 0 aromatic heterocycles. The first-order valence-corrected chi connectivity index (χ1v) is 6.30. The monoisotopic (exact) mass is 319 g/mol. The molecule has 0 saturated carbocycles. The highest BCUT2D eigenvalue weighted by Crippen LogP contribution is 2.40. The number of halogens is 4. The lowest BCUT2D eigenvalue weighted by Crippen LogP contribution is -2.40. The third-order valence-electron chi connectivity index (χ3n) is 3.00. The molecule has 112 valence electrons. The molecule has 1 amide bonds. The number of rotatable bonds is 2. The highest BCUT2D eigenvalue weighted by molar-refractivity contribution is 6.31. The summed E-state index contributed by atoms with van der Waals surface area (Å²) in [5.74, 6) is -1.51. The molecule has 8 heteroatoms. The van der Waals surface area contributed by atoms with Gasteiger partial charge in [-0.25, -0.2) is 0 Å². The first-order chi connectivity index (χ1) is 9.77. The lowest BCUT2D eigenvalue weighted by atomic mass is 9.97. The second-order valence-corrected chi connectivity index (χ2v) is 4.81. The van der Waals surface area contributed by atoms with Crippen LogP contribution in [0.2, 0.25) is 5.02 Å². The van der Waals surface area contributed by atoms with E-state index in [0.717, 1.165) is 6.08 Å².